The molecule has 1 aliphatic rings. The maximum atomic E-state index is 13.7. The van der Waals surface area contributed by atoms with Gasteiger partial charge >= 0.3 is 6.18 Å². The number of anilines is 1. The van der Waals surface area contributed by atoms with Crippen molar-refractivity contribution in [2.24, 2.45) is 0 Å². The van der Waals surface area contributed by atoms with Crippen molar-refractivity contribution >= 4 is 16.9 Å². The number of aromatic amines is 1. The van der Waals surface area contributed by atoms with Crippen molar-refractivity contribution in [3.05, 3.63) is 41.7 Å². The summed E-state index contributed by atoms with van der Waals surface area (Å²) >= 11 is 0. The zero-order valence-electron chi connectivity index (χ0n) is 16.0. The Kier molecular flexibility index (Phi) is 5.32. The first-order valence-corrected chi connectivity index (χ1v) is 9.45. The molecule has 156 valence electrons. The highest BCUT2D eigenvalue weighted by Gasteiger charge is 2.36. The van der Waals surface area contributed by atoms with Crippen LogP contribution in [0.2, 0.25) is 0 Å². The summed E-state index contributed by atoms with van der Waals surface area (Å²) in [6.07, 6.45) is -2.48. The second-order valence-corrected chi connectivity index (χ2v) is 6.93. The Balaban J connectivity index is 1.76. The zero-order valence-corrected chi connectivity index (χ0v) is 16.0. The number of alkyl halides is 3. The highest BCUT2D eigenvalue weighted by atomic mass is 19.4. The van der Waals surface area contributed by atoms with Crippen LogP contribution in [0, 0.1) is 11.3 Å². The summed E-state index contributed by atoms with van der Waals surface area (Å²) in [5.74, 6) is 0.0967. The van der Waals surface area contributed by atoms with Crippen LogP contribution in [0.25, 0.3) is 22.2 Å². The number of nitriles is 1. The minimum absolute atomic E-state index is 0.0967. The van der Waals surface area contributed by atoms with Crippen LogP contribution in [0.5, 0.6) is 0 Å². The summed E-state index contributed by atoms with van der Waals surface area (Å²) in [7, 11) is 0. The topological polar surface area (TPSA) is 98.6 Å². The molecule has 1 fully saturated rings. The van der Waals surface area contributed by atoms with Gasteiger partial charge in [-0.15, -0.1) is 0 Å². The summed E-state index contributed by atoms with van der Waals surface area (Å²) < 4.78 is 46.7. The van der Waals surface area contributed by atoms with E-state index in [0.717, 1.165) is 6.20 Å². The maximum Gasteiger partial charge on any atom is 0.419 e. The number of rotatable bonds is 5. The quantitative estimate of drug-likeness (QED) is 0.590. The zero-order chi connectivity index (χ0) is 21.3. The van der Waals surface area contributed by atoms with E-state index < -0.39 is 11.7 Å². The molecule has 2 aromatic heterocycles. The normalized spacial score (nSPS) is 19.2. The summed E-state index contributed by atoms with van der Waals surface area (Å²) in [6.45, 7) is 3.65. The van der Waals surface area contributed by atoms with Crippen molar-refractivity contribution in [3.63, 3.8) is 0 Å². The molecular weight excluding hydrogens is 397 g/mol. The molecular formula is C20H19F3N6O. The van der Waals surface area contributed by atoms with Crippen LogP contribution in [-0.4, -0.2) is 46.8 Å². The number of ether oxygens (including phenoxy) is 1. The van der Waals surface area contributed by atoms with Gasteiger partial charge in [0.05, 0.1) is 29.5 Å². The molecule has 0 spiro atoms. The number of hydrogen-bond donors (Lipinski definition) is 3. The fourth-order valence-electron chi connectivity index (χ4n) is 3.61. The minimum atomic E-state index is -4.62. The summed E-state index contributed by atoms with van der Waals surface area (Å²) in [6, 6.07) is 6.62. The van der Waals surface area contributed by atoms with Crippen LogP contribution in [0.15, 0.2) is 30.6 Å². The number of nitrogens with one attached hydrogen (secondary N) is 3. The number of halogens is 3. The van der Waals surface area contributed by atoms with Gasteiger partial charge in [-0.25, -0.2) is 9.97 Å². The van der Waals surface area contributed by atoms with E-state index in [1.54, 1.807) is 18.2 Å². The lowest BCUT2D eigenvalue weighted by Crippen LogP contribution is -2.35. The molecule has 1 aliphatic heterocycles. The Labute approximate surface area is 170 Å². The third-order valence-corrected chi connectivity index (χ3v) is 5.01. The van der Waals surface area contributed by atoms with Crippen molar-refractivity contribution in [2.45, 2.75) is 25.2 Å². The van der Waals surface area contributed by atoms with Gasteiger partial charge in [0.15, 0.2) is 0 Å². The van der Waals surface area contributed by atoms with Gasteiger partial charge in [-0.3, -0.25) is 0 Å². The van der Waals surface area contributed by atoms with Crippen LogP contribution in [-0.2, 0) is 10.9 Å². The number of nitrogens with zero attached hydrogens (tertiary/aromatic N) is 3. The monoisotopic (exact) mass is 416 g/mol. The van der Waals surface area contributed by atoms with E-state index in [9.17, 15) is 13.2 Å². The number of fused-ring (bicyclic) bond motifs is 1. The lowest BCUT2D eigenvalue weighted by molar-refractivity contribution is -0.137. The molecule has 2 atom stereocenters. The lowest BCUT2D eigenvalue weighted by Gasteiger charge is -2.20. The first-order valence-electron chi connectivity index (χ1n) is 9.45. The molecule has 4 rings (SSSR count). The number of hydrogen-bond acceptors (Lipinski definition) is 6. The molecule has 7 nitrogen and oxygen atoms in total. The first kappa shape index (κ1) is 20.1. The molecule has 0 unspecified atom stereocenters. The van der Waals surface area contributed by atoms with Crippen molar-refractivity contribution in [3.8, 4) is 17.3 Å². The number of aromatic nitrogens is 3. The second kappa shape index (κ2) is 7.93. The molecule has 3 heterocycles. The molecule has 0 radical (unpaired) electrons. The highest BCUT2D eigenvalue weighted by Crippen LogP contribution is 2.38. The summed E-state index contributed by atoms with van der Waals surface area (Å²) in [5, 5.41) is 15.9. The Bertz CT molecular complexity index is 1100. The molecule has 30 heavy (non-hydrogen) atoms. The summed E-state index contributed by atoms with van der Waals surface area (Å²) in [5.41, 5.74) is 0.103. The highest BCUT2D eigenvalue weighted by molar-refractivity contribution is 5.96. The van der Waals surface area contributed by atoms with Crippen LogP contribution in [0.1, 0.15) is 18.1 Å². The second-order valence-electron chi connectivity index (χ2n) is 6.93. The standard InChI is InChI=1S/C20H19F3N6O/c1-2-30-17-10-25-9-16(17)28-19-27-8-14(20(21,22)23)18(29-19)13-7-26-15-5-11(6-24)3-4-12(13)15/h3-5,7-8,16-17,25-26H,2,9-10H2,1H3,(H,27,28,29)/t16-,17-/m1/s1. The maximum absolute atomic E-state index is 13.7. The fraction of sp³-hybridized carbons (Fsp3) is 0.350. The first-order chi connectivity index (χ1) is 14.4. The molecule has 0 bridgehead atoms. The lowest BCUT2D eigenvalue weighted by atomic mass is 10.0. The Morgan fingerprint density at radius 1 is 1.33 bits per heavy atom. The molecule has 1 saturated heterocycles. The Morgan fingerprint density at radius 3 is 2.90 bits per heavy atom. The molecule has 0 aliphatic carbocycles. The van der Waals surface area contributed by atoms with Gasteiger partial charge in [-0.05, 0) is 19.1 Å². The van der Waals surface area contributed by atoms with Gasteiger partial charge in [0.1, 0.15) is 5.56 Å². The molecule has 10 heteroatoms. The molecule has 0 amide bonds. The fourth-order valence-corrected chi connectivity index (χ4v) is 3.61. The van der Waals surface area contributed by atoms with Crippen LogP contribution in [0.4, 0.5) is 19.1 Å². The number of benzene rings is 1. The third-order valence-electron chi connectivity index (χ3n) is 5.01. The smallest absolute Gasteiger partial charge is 0.375 e. The van der Waals surface area contributed by atoms with Gasteiger partial charge < -0.3 is 20.4 Å². The van der Waals surface area contributed by atoms with Crippen LogP contribution < -0.4 is 10.6 Å². The van der Waals surface area contributed by atoms with Crippen molar-refractivity contribution in [1.29, 1.82) is 5.26 Å². The number of H-pyrrole nitrogens is 1. The van der Waals surface area contributed by atoms with Gasteiger partial charge in [0, 0.05) is 48.6 Å². The van der Waals surface area contributed by atoms with E-state index in [0.29, 0.717) is 36.2 Å². The molecule has 0 saturated carbocycles. The summed E-state index contributed by atoms with van der Waals surface area (Å²) in [4.78, 5) is 11.1. The van der Waals surface area contributed by atoms with Gasteiger partial charge in [-0.2, -0.15) is 18.4 Å². The van der Waals surface area contributed by atoms with E-state index in [-0.39, 0.29) is 29.4 Å². The minimum Gasteiger partial charge on any atom is -0.375 e. The largest absolute Gasteiger partial charge is 0.419 e. The van der Waals surface area contributed by atoms with Crippen molar-refractivity contribution in [1.82, 2.24) is 20.3 Å². The van der Waals surface area contributed by atoms with E-state index in [2.05, 4.69) is 25.6 Å². The Morgan fingerprint density at radius 2 is 2.17 bits per heavy atom. The van der Waals surface area contributed by atoms with E-state index in [1.807, 2.05) is 13.0 Å². The van der Waals surface area contributed by atoms with E-state index in [1.165, 1.54) is 6.20 Å². The average Bonchev–Trinajstić information content (AvgIpc) is 3.33. The van der Waals surface area contributed by atoms with Gasteiger partial charge in [0.2, 0.25) is 5.95 Å². The third kappa shape index (κ3) is 3.81. The predicted molar refractivity (Wildman–Crippen MR) is 105 cm³/mol. The molecule has 1 aromatic carbocycles. The van der Waals surface area contributed by atoms with Gasteiger partial charge in [-0.1, -0.05) is 6.07 Å². The predicted octanol–water partition coefficient (Wildman–Crippen LogP) is 3.30. The van der Waals surface area contributed by atoms with E-state index in [4.69, 9.17) is 10.00 Å². The van der Waals surface area contributed by atoms with Crippen molar-refractivity contribution in [2.75, 3.05) is 25.0 Å². The Hall–Kier alpha value is -3.16. The van der Waals surface area contributed by atoms with E-state index >= 15 is 0 Å². The SMILES string of the molecule is CCO[C@@H]1CNC[C@H]1Nc1ncc(C(F)(F)F)c(-c2c[nH]c3cc(C#N)ccc23)n1. The van der Waals surface area contributed by atoms with Crippen LogP contribution >= 0.6 is 0 Å². The van der Waals surface area contributed by atoms with Gasteiger partial charge in [0.25, 0.3) is 0 Å². The molecule has 3 aromatic rings. The van der Waals surface area contributed by atoms with Crippen LogP contribution in [0.3, 0.4) is 0 Å². The average molecular weight is 416 g/mol. The van der Waals surface area contributed by atoms with Crippen molar-refractivity contribution < 1.29 is 17.9 Å². The molecule has 3 N–H and O–H groups in total.